The Bertz CT molecular complexity index is 138. The zero-order chi connectivity index (χ0) is 7.73. The predicted molar refractivity (Wildman–Crippen MR) is 47.6 cm³/mol. The van der Waals surface area contributed by atoms with Crippen LogP contribution < -0.4 is 5.32 Å². The van der Waals surface area contributed by atoms with Crippen LogP contribution in [0.15, 0.2) is 0 Å². The number of hydrogen-bond acceptors (Lipinski definition) is 1. The lowest BCUT2D eigenvalue weighted by atomic mass is 9.68. The van der Waals surface area contributed by atoms with Crippen LogP contribution in [0.3, 0.4) is 0 Å². The Labute approximate surface area is 69.6 Å². The van der Waals surface area contributed by atoms with Gasteiger partial charge in [-0.05, 0) is 44.6 Å². The van der Waals surface area contributed by atoms with Crippen molar-refractivity contribution in [3.05, 3.63) is 0 Å². The second-order valence-corrected chi connectivity index (χ2v) is 4.33. The van der Waals surface area contributed by atoms with Gasteiger partial charge in [-0.15, -0.1) is 0 Å². The lowest BCUT2D eigenvalue weighted by Crippen LogP contribution is -2.55. The molecule has 1 unspecified atom stereocenters. The summed E-state index contributed by atoms with van der Waals surface area (Å²) in [5, 5.41) is 3.70. The third-order valence-electron chi connectivity index (χ3n) is 3.62. The number of hydrogen-bond donors (Lipinski definition) is 1. The molecule has 1 aliphatic heterocycles. The monoisotopic (exact) mass is 153 g/mol. The first kappa shape index (κ1) is 7.60. The first-order valence-electron chi connectivity index (χ1n) is 5.10. The van der Waals surface area contributed by atoms with Gasteiger partial charge in [0.1, 0.15) is 0 Å². The van der Waals surface area contributed by atoms with E-state index in [1.54, 1.807) is 0 Å². The van der Waals surface area contributed by atoms with Crippen molar-refractivity contribution in [3.8, 4) is 0 Å². The maximum atomic E-state index is 3.70. The molecular weight excluding hydrogens is 134 g/mol. The van der Waals surface area contributed by atoms with Crippen LogP contribution in [0.5, 0.6) is 0 Å². The number of rotatable bonds is 1. The quantitative estimate of drug-likeness (QED) is 0.609. The summed E-state index contributed by atoms with van der Waals surface area (Å²) >= 11 is 0. The molecule has 2 fully saturated rings. The average Bonchev–Trinajstić information content (AvgIpc) is 2.02. The van der Waals surface area contributed by atoms with E-state index in [0.29, 0.717) is 5.54 Å². The molecule has 0 radical (unpaired) electrons. The van der Waals surface area contributed by atoms with Crippen molar-refractivity contribution in [2.24, 2.45) is 5.92 Å². The smallest absolute Gasteiger partial charge is 0.0184 e. The molecule has 1 saturated carbocycles. The molecule has 1 heteroatoms. The van der Waals surface area contributed by atoms with Gasteiger partial charge in [0.2, 0.25) is 0 Å². The Morgan fingerprint density at radius 3 is 2.82 bits per heavy atom. The molecular formula is C10H19N. The van der Waals surface area contributed by atoms with Crippen molar-refractivity contribution >= 4 is 0 Å². The molecule has 2 rings (SSSR count). The van der Waals surface area contributed by atoms with Gasteiger partial charge in [0, 0.05) is 5.54 Å². The van der Waals surface area contributed by atoms with E-state index in [2.05, 4.69) is 12.2 Å². The van der Waals surface area contributed by atoms with Gasteiger partial charge in [0.25, 0.3) is 0 Å². The van der Waals surface area contributed by atoms with Crippen LogP contribution in [0.4, 0.5) is 0 Å². The van der Waals surface area contributed by atoms with E-state index in [0.717, 1.165) is 5.92 Å². The molecule has 0 amide bonds. The SMILES string of the molecule is CCC1CCNC2(CCC2)C1. The third-order valence-corrected chi connectivity index (χ3v) is 3.62. The molecule has 1 aliphatic carbocycles. The van der Waals surface area contributed by atoms with Crippen molar-refractivity contribution in [1.29, 1.82) is 0 Å². The van der Waals surface area contributed by atoms with Gasteiger partial charge < -0.3 is 5.32 Å². The summed E-state index contributed by atoms with van der Waals surface area (Å²) in [4.78, 5) is 0. The Hall–Kier alpha value is -0.0400. The Morgan fingerprint density at radius 2 is 2.27 bits per heavy atom. The summed E-state index contributed by atoms with van der Waals surface area (Å²) in [6.07, 6.45) is 8.63. The van der Waals surface area contributed by atoms with Gasteiger partial charge in [0.05, 0.1) is 0 Å². The predicted octanol–water partition coefficient (Wildman–Crippen LogP) is 2.32. The van der Waals surface area contributed by atoms with Crippen LogP contribution in [-0.2, 0) is 0 Å². The molecule has 1 atom stereocenters. The van der Waals surface area contributed by atoms with Crippen molar-refractivity contribution in [3.63, 3.8) is 0 Å². The average molecular weight is 153 g/mol. The van der Waals surface area contributed by atoms with E-state index in [9.17, 15) is 0 Å². The Morgan fingerprint density at radius 1 is 1.45 bits per heavy atom. The van der Waals surface area contributed by atoms with Crippen LogP contribution in [0.1, 0.15) is 45.4 Å². The topological polar surface area (TPSA) is 12.0 Å². The van der Waals surface area contributed by atoms with Crippen LogP contribution in [0.25, 0.3) is 0 Å². The highest BCUT2D eigenvalue weighted by Crippen LogP contribution is 2.40. The normalized spacial score (nSPS) is 35.2. The van der Waals surface area contributed by atoms with Crippen LogP contribution in [-0.4, -0.2) is 12.1 Å². The molecule has 0 bridgehead atoms. The Kier molecular flexibility index (Phi) is 1.92. The largest absolute Gasteiger partial charge is 0.311 e. The van der Waals surface area contributed by atoms with Gasteiger partial charge in [-0.25, -0.2) is 0 Å². The summed E-state index contributed by atoms with van der Waals surface area (Å²) in [6, 6.07) is 0. The molecule has 64 valence electrons. The van der Waals surface area contributed by atoms with Gasteiger partial charge >= 0.3 is 0 Å². The molecule has 11 heavy (non-hydrogen) atoms. The molecule has 1 saturated heterocycles. The zero-order valence-electron chi connectivity index (χ0n) is 7.53. The fourth-order valence-electron chi connectivity index (χ4n) is 2.60. The minimum Gasteiger partial charge on any atom is -0.311 e. The Balaban J connectivity index is 1.92. The van der Waals surface area contributed by atoms with Crippen LogP contribution >= 0.6 is 0 Å². The van der Waals surface area contributed by atoms with E-state index in [-0.39, 0.29) is 0 Å². The van der Waals surface area contributed by atoms with Gasteiger partial charge in [-0.2, -0.15) is 0 Å². The molecule has 1 spiro atoms. The van der Waals surface area contributed by atoms with Gasteiger partial charge in [0.15, 0.2) is 0 Å². The maximum Gasteiger partial charge on any atom is 0.0184 e. The minimum absolute atomic E-state index is 0.624. The number of nitrogens with one attached hydrogen (secondary N) is 1. The van der Waals surface area contributed by atoms with Gasteiger partial charge in [-0.3, -0.25) is 0 Å². The van der Waals surface area contributed by atoms with E-state index in [4.69, 9.17) is 0 Å². The highest BCUT2D eigenvalue weighted by Gasteiger charge is 2.40. The second kappa shape index (κ2) is 2.78. The molecule has 0 aromatic heterocycles. The standard InChI is InChI=1S/C10H19N/c1-2-9-4-7-11-10(8-9)5-3-6-10/h9,11H,2-8H2,1H3. The molecule has 0 aromatic rings. The molecule has 1 nitrogen and oxygen atoms in total. The molecule has 0 aromatic carbocycles. The van der Waals surface area contributed by atoms with Crippen molar-refractivity contribution in [2.75, 3.05) is 6.54 Å². The fraction of sp³-hybridized carbons (Fsp3) is 1.00. The minimum atomic E-state index is 0.624. The van der Waals surface area contributed by atoms with Crippen molar-refractivity contribution in [2.45, 2.75) is 51.0 Å². The summed E-state index contributed by atoms with van der Waals surface area (Å²) in [5.41, 5.74) is 0.624. The summed E-state index contributed by atoms with van der Waals surface area (Å²) in [7, 11) is 0. The first-order valence-corrected chi connectivity index (χ1v) is 5.10. The first-order chi connectivity index (χ1) is 5.35. The second-order valence-electron chi connectivity index (χ2n) is 4.33. The summed E-state index contributed by atoms with van der Waals surface area (Å²) < 4.78 is 0. The van der Waals surface area contributed by atoms with Crippen molar-refractivity contribution in [1.82, 2.24) is 5.32 Å². The van der Waals surface area contributed by atoms with Gasteiger partial charge in [-0.1, -0.05) is 13.3 Å². The van der Waals surface area contributed by atoms with E-state index < -0.39 is 0 Å². The molecule has 1 N–H and O–H groups in total. The maximum absolute atomic E-state index is 3.70. The summed E-state index contributed by atoms with van der Waals surface area (Å²) in [6.45, 7) is 3.61. The number of piperidine rings is 1. The van der Waals surface area contributed by atoms with E-state index in [1.807, 2.05) is 0 Å². The van der Waals surface area contributed by atoms with Crippen LogP contribution in [0.2, 0.25) is 0 Å². The third kappa shape index (κ3) is 1.31. The van der Waals surface area contributed by atoms with E-state index >= 15 is 0 Å². The van der Waals surface area contributed by atoms with Crippen LogP contribution in [0, 0.1) is 5.92 Å². The zero-order valence-corrected chi connectivity index (χ0v) is 7.53. The molecule has 1 heterocycles. The highest BCUT2D eigenvalue weighted by molar-refractivity contribution is 4.99. The van der Waals surface area contributed by atoms with Crippen molar-refractivity contribution < 1.29 is 0 Å². The van der Waals surface area contributed by atoms with E-state index in [1.165, 1.54) is 45.1 Å². The lowest BCUT2D eigenvalue weighted by molar-refractivity contribution is 0.105. The lowest BCUT2D eigenvalue weighted by Gasteiger charge is -2.48. The molecule has 2 aliphatic rings. The highest BCUT2D eigenvalue weighted by atomic mass is 15.0. The fourth-order valence-corrected chi connectivity index (χ4v) is 2.60. The summed E-state index contributed by atoms with van der Waals surface area (Å²) in [5.74, 6) is 1.02.